The van der Waals surface area contributed by atoms with Crippen LogP contribution in [0.25, 0.3) is 76.2 Å². The maximum atomic E-state index is 6.87. The van der Waals surface area contributed by atoms with E-state index in [-0.39, 0.29) is 0 Å². The summed E-state index contributed by atoms with van der Waals surface area (Å²) in [7, 11) is 0. The molecule has 0 saturated carbocycles. The molecule has 2 heterocycles. The highest BCUT2D eigenvalue weighted by Crippen LogP contribution is 2.50. The molecule has 10 aromatic carbocycles. The number of benzene rings is 10. The third-order valence-corrected chi connectivity index (χ3v) is 12.9. The molecule has 2 aromatic heterocycles. The third kappa shape index (κ3) is 5.39. The maximum Gasteiger partial charge on any atom is 0.159 e. The fourth-order valence-electron chi connectivity index (χ4n) is 10.4. The number of furan rings is 2. The van der Waals surface area contributed by atoms with Gasteiger partial charge in [0, 0.05) is 43.7 Å². The first kappa shape index (κ1) is 36.3. The largest absolute Gasteiger partial charge is 0.454 e. The third-order valence-electron chi connectivity index (χ3n) is 12.9. The summed E-state index contributed by atoms with van der Waals surface area (Å²) in [4.78, 5) is 4.83. The Balaban J connectivity index is 1.15. The van der Waals surface area contributed by atoms with Gasteiger partial charge in [-0.25, -0.2) is 0 Å². The number of fused-ring (bicyclic) bond motifs is 6. The van der Waals surface area contributed by atoms with Gasteiger partial charge < -0.3 is 18.6 Å². The van der Waals surface area contributed by atoms with Crippen molar-refractivity contribution in [1.82, 2.24) is 0 Å². The van der Waals surface area contributed by atoms with Gasteiger partial charge in [0.1, 0.15) is 11.2 Å². The normalized spacial score (nSPS) is 12.0. The molecule has 12 aromatic rings. The van der Waals surface area contributed by atoms with Gasteiger partial charge in [-0.05, 0) is 145 Å². The highest BCUT2D eigenvalue weighted by molar-refractivity contribution is 6.28. The van der Waals surface area contributed by atoms with Crippen molar-refractivity contribution in [1.29, 1.82) is 0 Å². The molecule has 12 rings (SSSR count). The summed E-state index contributed by atoms with van der Waals surface area (Å²) in [5, 5.41) is 11.7. The topological polar surface area (TPSA) is 32.8 Å². The summed E-state index contributed by atoms with van der Waals surface area (Å²) in [5.74, 6) is 0. The van der Waals surface area contributed by atoms with E-state index in [1.54, 1.807) is 0 Å². The SMILES string of the molecule is Cc1cc(C)cc(N(c2ccc3ccc4c(N(c5cc(C)cc(C)c5)c5cccc6c5oc5c(C)cccc56)ccc5ccc2c3c54)c2cccc3c2oc2c(C)cccc23)c1. The molecule has 0 aliphatic rings. The van der Waals surface area contributed by atoms with Gasteiger partial charge in [0.15, 0.2) is 11.2 Å². The molecule has 0 saturated heterocycles. The van der Waals surface area contributed by atoms with E-state index < -0.39 is 0 Å². The van der Waals surface area contributed by atoms with Gasteiger partial charge in [0.05, 0.1) is 22.7 Å². The average Bonchev–Trinajstić information content (AvgIpc) is 3.85. The van der Waals surface area contributed by atoms with Gasteiger partial charge in [0.25, 0.3) is 0 Å². The van der Waals surface area contributed by atoms with Crippen LogP contribution in [0.4, 0.5) is 34.1 Å². The molecule has 0 aliphatic carbocycles. The molecular formula is C58H44N2O2. The molecular weight excluding hydrogens is 757 g/mol. The molecule has 0 bridgehead atoms. The van der Waals surface area contributed by atoms with Crippen LogP contribution in [0.3, 0.4) is 0 Å². The summed E-state index contributed by atoms with van der Waals surface area (Å²) in [6.07, 6.45) is 0. The lowest BCUT2D eigenvalue weighted by molar-refractivity contribution is 0.665. The second kappa shape index (κ2) is 13.5. The van der Waals surface area contributed by atoms with Crippen molar-refractivity contribution in [2.45, 2.75) is 41.5 Å². The van der Waals surface area contributed by atoms with Gasteiger partial charge in [-0.15, -0.1) is 0 Å². The van der Waals surface area contributed by atoms with Crippen LogP contribution in [0.2, 0.25) is 0 Å². The predicted octanol–water partition coefficient (Wildman–Crippen LogP) is 17.2. The monoisotopic (exact) mass is 800 g/mol. The van der Waals surface area contributed by atoms with E-state index >= 15 is 0 Å². The fraction of sp³-hybridized carbons (Fsp3) is 0.103. The number of anilines is 6. The second-order valence-electron chi connectivity index (χ2n) is 17.4. The minimum Gasteiger partial charge on any atom is -0.454 e. The highest BCUT2D eigenvalue weighted by atomic mass is 16.3. The maximum absolute atomic E-state index is 6.87. The lowest BCUT2D eigenvalue weighted by atomic mass is 9.91. The van der Waals surface area contributed by atoms with E-state index in [9.17, 15) is 0 Å². The van der Waals surface area contributed by atoms with Crippen LogP contribution in [-0.4, -0.2) is 0 Å². The summed E-state index contributed by atoms with van der Waals surface area (Å²) < 4.78 is 13.7. The number of hydrogen-bond acceptors (Lipinski definition) is 4. The van der Waals surface area contributed by atoms with Crippen molar-refractivity contribution < 1.29 is 8.83 Å². The highest BCUT2D eigenvalue weighted by Gasteiger charge is 2.26. The first-order valence-electron chi connectivity index (χ1n) is 21.5. The van der Waals surface area contributed by atoms with Crippen LogP contribution in [-0.2, 0) is 0 Å². The summed E-state index contributed by atoms with van der Waals surface area (Å²) >= 11 is 0. The quantitative estimate of drug-likeness (QED) is 0.157. The molecule has 4 nitrogen and oxygen atoms in total. The van der Waals surface area contributed by atoms with Crippen LogP contribution in [0.1, 0.15) is 33.4 Å². The first-order chi connectivity index (χ1) is 30.2. The van der Waals surface area contributed by atoms with Gasteiger partial charge in [0.2, 0.25) is 0 Å². The first-order valence-corrected chi connectivity index (χ1v) is 21.5. The van der Waals surface area contributed by atoms with Crippen LogP contribution in [0.5, 0.6) is 0 Å². The van der Waals surface area contributed by atoms with Crippen molar-refractivity contribution in [3.63, 3.8) is 0 Å². The van der Waals surface area contributed by atoms with Crippen molar-refractivity contribution in [3.8, 4) is 0 Å². The Morgan fingerprint density at radius 1 is 0.306 bits per heavy atom. The van der Waals surface area contributed by atoms with E-state index in [4.69, 9.17) is 8.83 Å². The molecule has 62 heavy (non-hydrogen) atoms. The number of nitrogens with zero attached hydrogens (tertiary/aromatic N) is 2. The van der Waals surface area contributed by atoms with Crippen LogP contribution < -0.4 is 9.80 Å². The van der Waals surface area contributed by atoms with Gasteiger partial charge >= 0.3 is 0 Å². The van der Waals surface area contributed by atoms with Crippen molar-refractivity contribution in [2.75, 3.05) is 9.80 Å². The number of rotatable bonds is 6. The standard InChI is InChI=1S/C58H44N2O2/c1-33-27-34(2)30-41(29-33)59(51-17-9-15-45-43-13-7-11-37(5)55(43)61-57(45)51)49-25-21-39-20-24-48-50(26-22-40-19-23-47(49)53(39)54(40)48)60(42-31-35(3)28-36(4)32-42)52-18-10-16-46-44-14-8-12-38(6)56(44)62-58(46)52/h7-32H,1-6H3. The Morgan fingerprint density at radius 2 is 0.661 bits per heavy atom. The Kier molecular flexibility index (Phi) is 7.89. The van der Waals surface area contributed by atoms with Crippen molar-refractivity contribution in [3.05, 3.63) is 191 Å². The molecule has 0 aliphatic heterocycles. The number of aryl methyl sites for hydroxylation is 6. The van der Waals surface area contributed by atoms with E-state index in [2.05, 4.69) is 209 Å². The average molecular weight is 801 g/mol. The van der Waals surface area contributed by atoms with E-state index in [0.717, 1.165) is 89.1 Å². The molecule has 4 heteroatoms. The van der Waals surface area contributed by atoms with Crippen LogP contribution in [0, 0.1) is 41.5 Å². The van der Waals surface area contributed by atoms with Gasteiger partial charge in [-0.2, -0.15) is 0 Å². The van der Waals surface area contributed by atoms with E-state index in [1.165, 1.54) is 54.6 Å². The fourth-order valence-corrected chi connectivity index (χ4v) is 10.4. The van der Waals surface area contributed by atoms with Crippen molar-refractivity contribution in [2.24, 2.45) is 0 Å². The molecule has 0 fully saturated rings. The summed E-state index contributed by atoms with van der Waals surface area (Å²) in [5.41, 5.74) is 17.1. The minimum absolute atomic E-state index is 0.878. The lowest BCUT2D eigenvalue weighted by Crippen LogP contribution is -2.12. The number of hydrogen-bond donors (Lipinski definition) is 0. The summed E-state index contributed by atoms with van der Waals surface area (Å²) in [6, 6.07) is 58.0. The molecule has 0 spiro atoms. The Bertz CT molecular complexity index is 3500. The predicted molar refractivity (Wildman–Crippen MR) is 262 cm³/mol. The van der Waals surface area contributed by atoms with E-state index in [1.807, 2.05) is 0 Å². The smallest absolute Gasteiger partial charge is 0.159 e. The van der Waals surface area contributed by atoms with Crippen LogP contribution in [0.15, 0.2) is 167 Å². The zero-order valence-corrected chi connectivity index (χ0v) is 35.7. The molecule has 298 valence electrons. The Morgan fingerprint density at radius 3 is 1.06 bits per heavy atom. The Hall–Kier alpha value is -7.56. The van der Waals surface area contributed by atoms with Gasteiger partial charge in [-0.1, -0.05) is 109 Å². The molecule has 0 unspecified atom stereocenters. The minimum atomic E-state index is 0.878. The van der Waals surface area contributed by atoms with Gasteiger partial charge in [-0.3, -0.25) is 0 Å². The van der Waals surface area contributed by atoms with Crippen LogP contribution >= 0.6 is 0 Å². The Labute approximate surface area is 360 Å². The van der Waals surface area contributed by atoms with Crippen molar-refractivity contribution >= 4 is 110 Å². The zero-order valence-electron chi connectivity index (χ0n) is 35.7. The molecule has 0 atom stereocenters. The second-order valence-corrected chi connectivity index (χ2v) is 17.4. The molecule has 0 radical (unpaired) electrons. The molecule has 0 amide bonds. The number of para-hydroxylation sites is 4. The summed E-state index contributed by atoms with van der Waals surface area (Å²) in [6.45, 7) is 13.0. The molecule has 0 N–H and O–H groups in total. The zero-order chi connectivity index (χ0) is 42.0. The lowest BCUT2D eigenvalue weighted by Gasteiger charge is -2.30. The van der Waals surface area contributed by atoms with E-state index in [0.29, 0.717) is 0 Å².